The summed E-state index contributed by atoms with van der Waals surface area (Å²) < 4.78 is 0. The minimum absolute atomic E-state index is 0.187. The van der Waals surface area contributed by atoms with Gasteiger partial charge >= 0.3 is 0 Å². The summed E-state index contributed by atoms with van der Waals surface area (Å²) in [4.78, 5) is 12.4. The van der Waals surface area contributed by atoms with Crippen molar-refractivity contribution in [2.45, 2.75) is 12.1 Å². The first kappa shape index (κ1) is 9.04. The molecule has 66 valence electrons. The fraction of sp³-hybridized carbons (Fsp3) is 0.625. The Kier molecular flexibility index (Phi) is 2.69. The van der Waals surface area contributed by atoms with Crippen LogP contribution in [0.5, 0.6) is 0 Å². The topological polar surface area (TPSA) is 52.6 Å². The van der Waals surface area contributed by atoms with Gasteiger partial charge < -0.3 is 15.3 Å². The third kappa shape index (κ3) is 1.58. The maximum atomic E-state index is 11.0. The van der Waals surface area contributed by atoms with Gasteiger partial charge in [0.1, 0.15) is 0 Å². The summed E-state index contributed by atoms with van der Waals surface area (Å²) in [6, 6.07) is -0.187. The van der Waals surface area contributed by atoms with Crippen LogP contribution in [0.15, 0.2) is 0 Å². The smallest absolute Gasteiger partial charge is 0.298 e. The van der Waals surface area contributed by atoms with Crippen LogP contribution < -0.4 is 5.32 Å². The lowest BCUT2D eigenvalue weighted by atomic mass is 10.2. The maximum Gasteiger partial charge on any atom is 0.298 e. The number of nitrogens with one attached hydrogen (secondary N) is 1. The lowest BCUT2D eigenvalue weighted by Crippen LogP contribution is -2.43. The summed E-state index contributed by atoms with van der Waals surface area (Å²) in [5, 5.41) is 12.3. The molecule has 0 radical (unpaired) electrons. The average molecular weight is 168 g/mol. The summed E-state index contributed by atoms with van der Waals surface area (Å²) in [6.07, 6.45) is 4.44. The van der Waals surface area contributed by atoms with E-state index < -0.39 is 6.10 Å². The van der Waals surface area contributed by atoms with Crippen LogP contribution in [0, 0.1) is 12.3 Å². The molecule has 0 aromatic rings. The van der Waals surface area contributed by atoms with Crippen molar-refractivity contribution in [2.75, 3.05) is 20.1 Å². The van der Waals surface area contributed by atoms with Gasteiger partial charge in [0.2, 0.25) is 0 Å². The summed E-state index contributed by atoms with van der Waals surface area (Å²) in [6.45, 7) is 1.12. The number of hydrogen-bond acceptors (Lipinski definition) is 3. The summed E-state index contributed by atoms with van der Waals surface area (Å²) in [5.74, 6) is 1.62. The monoisotopic (exact) mass is 168 g/mol. The van der Waals surface area contributed by atoms with Crippen LogP contribution >= 0.6 is 0 Å². The highest BCUT2D eigenvalue weighted by molar-refractivity contribution is 5.93. The van der Waals surface area contributed by atoms with Crippen LogP contribution in [0.2, 0.25) is 0 Å². The van der Waals surface area contributed by atoms with Gasteiger partial charge in [0.05, 0.1) is 12.1 Å². The van der Waals surface area contributed by atoms with Gasteiger partial charge in [-0.05, 0) is 5.92 Å². The van der Waals surface area contributed by atoms with Crippen LogP contribution in [0.3, 0.4) is 0 Å². The van der Waals surface area contributed by atoms with Crippen LogP contribution in [-0.4, -0.2) is 48.2 Å². The predicted octanol–water partition coefficient (Wildman–Crippen LogP) is -1.59. The Morgan fingerprint density at radius 2 is 2.42 bits per heavy atom. The molecule has 4 nitrogen and oxygen atoms in total. The number of β-amino-alcohol motifs (C(OH)–C–C–N with tert-alkyl or cyclic N) is 1. The third-order valence-corrected chi connectivity index (χ3v) is 2.09. The maximum absolute atomic E-state index is 11.0. The molecule has 0 spiro atoms. The molecule has 2 unspecified atom stereocenters. The van der Waals surface area contributed by atoms with Gasteiger partial charge in [-0.15, -0.1) is 6.42 Å². The number of nitrogens with zero attached hydrogens (tertiary/aromatic N) is 1. The molecule has 2 atom stereocenters. The molecule has 1 fully saturated rings. The molecule has 0 aromatic heterocycles. The van der Waals surface area contributed by atoms with Crippen LogP contribution in [-0.2, 0) is 4.79 Å². The quantitative estimate of drug-likeness (QED) is 0.464. The lowest BCUT2D eigenvalue weighted by molar-refractivity contribution is -0.127. The minimum atomic E-state index is -0.507. The molecule has 4 heteroatoms. The summed E-state index contributed by atoms with van der Waals surface area (Å²) in [7, 11) is 1.60. The number of likely N-dealkylation sites (N-methyl/N-ethyl adjacent to an activating group) is 1. The number of aliphatic hydroxyl groups excluding tert-OH is 1. The molecule has 1 aliphatic rings. The molecule has 0 bridgehead atoms. The lowest BCUT2D eigenvalue weighted by Gasteiger charge is -2.23. The molecular formula is C8H12N2O2. The third-order valence-electron chi connectivity index (χ3n) is 2.09. The van der Waals surface area contributed by atoms with E-state index in [-0.39, 0.29) is 11.9 Å². The second-order valence-corrected chi connectivity index (χ2v) is 2.85. The van der Waals surface area contributed by atoms with Crippen molar-refractivity contribution in [2.24, 2.45) is 0 Å². The highest BCUT2D eigenvalue weighted by Crippen LogP contribution is 2.06. The Morgan fingerprint density at radius 3 is 2.83 bits per heavy atom. The molecule has 1 amide bonds. The highest BCUT2D eigenvalue weighted by Gasteiger charge is 2.30. The summed E-state index contributed by atoms with van der Waals surface area (Å²) in [5.41, 5.74) is 0. The first-order chi connectivity index (χ1) is 5.66. The molecular weight excluding hydrogens is 156 g/mol. The van der Waals surface area contributed by atoms with E-state index >= 15 is 0 Å². The highest BCUT2D eigenvalue weighted by atomic mass is 16.3. The van der Waals surface area contributed by atoms with Gasteiger partial charge in [-0.3, -0.25) is 4.79 Å². The second-order valence-electron chi connectivity index (χ2n) is 2.85. The molecule has 1 saturated heterocycles. The zero-order chi connectivity index (χ0) is 9.14. The van der Waals surface area contributed by atoms with Crippen molar-refractivity contribution in [3.63, 3.8) is 0 Å². The van der Waals surface area contributed by atoms with Gasteiger partial charge in [0.25, 0.3) is 5.91 Å². The van der Waals surface area contributed by atoms with Crippen molar-refractivity contribution in [1.29, 1.82) is 0 Å². The molecule has 1 aliphatic heterocycles. The Balaban J connectivity index is 2.58. The number of carbonyl (C=O) groups excluding carboxylic acids is 1. The number of terminal acetylenes is 1. The Labute approximate surface area is 71.6 Å². The normalized spacial score (nSPS) is 28.1. The van der Waals surface area contributed by atoms with Crippen molar-refractivity contribution < 1.29 is 9.90 Å². The largest absolute Gasteiger partial charge is 0.390 e. The molecule has 0 aliphatic carbocycles. The van der Waals surface area contributed by atoms with Gasteiger partial charge in [0.15, 0.2) is 0 Å². The van der Waals surface area contributed by atoms with E-state index in [4.69, 9.17) is 6.42 Å². The molecule has 12 heavy (non-hydrogen) atoms. The first-order valence-electron chi connectivity index (χ1n) is 3.79. The van der Waals surface area contributed by atoms with Gasteiger partial charge in [0, 0.05) is 20.1 Å². The SMILES string of the molecule is C#CC(=O)N(C)C1CNCC1O. The molecule has 0 saturated carbocycles. The fourth-order valence-electron chi connectivity index (χ4n) is 1.30. The van der Waals surface area contributed by atoms with E-state index in [1.165, 1.54) is 4.90 Å². The van der Waals surface area contributed by atoms with Crippen molar-refractivity contribution in [3.8, 4) is 12.3 Å². The number of aliphatic hydroxyl groups is 1. The molecule has 0 aromatic carbocycles. The van der Waals surface area contributed by atoms with Gasteiger partial charge in [-0.2, -0.15) is 0 Å². The van der Waals surface area contributed by atoms with E-state index in [1.54, 1.807) is 7.05 Å². The number of hydrogen-bond donors (Lipinski definition) is 2. The van der Waals surface area contributed by atoms with Crippen LogP contribution in [0.4, 0.5) is 0 Å². The molecule has 2 N–H and O–H groups in total. The molecule has 1 heterocycles. The van der Waals surface area contributed by atoms with Crippen molar-refractivity contribution in [1.82, 2.24) is 10.2 Å². The van der Waals surface area contributed by atoms with Crippen LogP contribution in [0.25, 0.3) is 0 Å². The van der Waals surface area contributed by atoms with E-state index in [2.05, 4.69) is 5.32 Å². The van der Waals surface area contributed by atoms with Gasteiger partial charge in [-0.25, -0.2) is 0 Å². The van der Waals surface area contributed by atoms with Gasteiger partial charge in [-0.1, -0.05) is 0 Å². The van der Waals surface area contributed by atoms with Crippen molar-refractivity contribution in [3.05, 3.63) is 0 Å². The number of carbonyl (C=O) groups is 1. The Hall–Kier alpha value is -1.05. The molecule has 1 rings (SSSR count). The second kappa shape index (κ2) is 3.57. The number of amides is 1. The Morgan fingerprint density at radius 1 is 1.75 bits per heavy atom. The van der Waals surface area contributed by atoms with E-state index in [9.17, 15) is 9.90 Å². The van der Waals surface area contributed by atoms with E-state index in [0.717, 1.165) is 0 Å². The zero-order valence-corrected chi connectivity index (χ0v) is 6.95. The van der Waals surface area contributed by atoms with E-state index in [0.29, 0.717) is 13.1 Å². The fourth-order valence-corrected chi connectivity index (χ4v) is 1.30. The number of rotatable bonds is 1. The summed E-state index contributed by atoms with van der Waals surface area (Å²) >= 11 is 0. The minimum Gasteiger partial charge on any atom is -0.390 e. The zero-order valence-electron chi connectivity index (χ0n) is 6.95. The van der Waals surface area contributed by atoms with E-state index in [1.807, 2.05) is 5.92 Å². The standard InChI is InChI=1S/C8H12N2O2/c1-3-8(12)10(2)6-4-9-5-7(6)11/h1,6-7,9,11H,4-5H2,2H3. The van der Waals surface area contributed by atoms with Crippen LogP contribution in [0.1, 0.15) is 0 Å². The Bertz CT molecular complexity index is 222. The average Bonchev–Trinajstić information content (AvgIpc) is 2.48. The van der Waals surface area contributed by atoms with Crippen molar-refractivity contribution >= 4 is 5.91 Å². The first-order valence-corrected chi connectivity index (χ1v) is 3.79. The predicted molar refractivity (Wildman–Crippen MR) is 44.3 cm³/mol.